The molecule has 5 rings (SSSR count). The normalized spacial score (nSPS) is 15.3. The summed E-state index contributed by atoms with van der Waals surface area (Å²) in [4.78, 5) is 13.7. The van der Waals surface area contributed by atoms with Crippen LogP contribution in [0.1, 0.15) is 50.1 Å². The van der Waals surface area contributed by atoms with Crippen LogP contribution >= 0.6 is 0 Å². The molecule has 7 heteroatoms. The summed E-state index contributed by atoms with van der Waals surface area (Å²) in [6.07, 6.45) is 2.52. The Kier molecular flexibility index (Phi) is 5.01. The minimum atomic E-state index is -0.239. The van der Waals surface area contributed by atoms with E-state index in [-0.39, 0.29) is 11.7 Å². The summed E-state index contributed by atoms with van der Waals surface area (Å²) in [7, 11) is 0. The van der Waals surface area contributed by atoms with E-state index in [0.717, 1.165) is 39.9 Å². The highest BCUT2D eigenvalue weighted by Gasteiger charge is 2.31. The SMILES string of the molecule is Cc1nc2oc3c(NCc4ccc(OC(C)C)cc4)ncnc3c2c2c1COC(C)(C)C2. The fourth-order valence-electron chi connectivity index (χ4n) is 4.24. The molecule has 1 aromatic carbocycles. The molecule has 0 spiro atoms. The van der Waals surface area contributed by atoms with Gasteiger partial charge in [-0.2, -0.15) is 0 Å². The summed E-state index contributed by atoms with van der Waals surface area (Å²) >= 11 is 0. The fourth-order valence-corrected chi connectivity index (χ4v) is 4.24. The number of benzene rings is 1. The van der Waals surface area contributed by atoms with Crippen molar-refractivity contribution in [3.05, 3.63) is 53.0 Å². The zero-order valence-electron chi connectivity index (χ0n) is 19.2. The van der Waals surface area contributed by atoms with E-state index in [4.69, 9.17) is 18.9 Å². The summed E-state index contributed by atoms with van der Waals surface area (Å²) in [5, 5.41) is 4.37. The first kappa shape index (κ1) is 20.7. The second-order valence-electron chi connectivity index (χ2n) is 9.23. The molecular formula is C25H28N4O3. The molecule has 0 atom stereocenters. The van der Waals surface area contributed by atoms with Crippen LogP contribution in [0.15, 0.2) is 35.0 Å². The van der Waals surface area contributed by atoms with E-state index in [0.29, 0.717) is 30.3 Å². The van der Waals surface area contributed by atoms with Gasteiger partial charge in [-0.25, -0.2) is 15.0 Å². The van der Waals surface area contributed by atoms with E-state index >= 15 is 0 Å². The monoisotopic (exact) mass is 432 g/mol. The van der Waals surface area contributed by atoms with Crippen molar-refractivity contribution in [2.45, 2.75) is 65.9 Å². The summed E-state index contributed by atoms with van der Waals surface area (Å²) in [6.45, 7) is 11.4. The highest BCUT2D eigenvalue weighted by molar-refractivity contribution is 6.06. The lowest BCUT2D eigenvalue weighted by molar-refractivity contribution is -0.0400. The van der Waals surface area contributed by atoms with Gasteiger partial charge in [-0.1, -0.05) is 12.1 Å². The number of rotatable bonds is 5. The summed E-state index contributed by atoms with van der Waals surface area (Å²) in [5.74, 6) is 1.52. The van der Waals surface area contributed by atoms with Gasteiger partial charge in [-0.15, -0.1) is 0 Å². The molecule has 1 aliphatic heterocycles. The zero-order valence-corrected chi connectivity index (χ0v) is 19.2. The van der Waals surface area contributed by atoms with Gasteiger partial charge in [0.15, 0.2) is 11.4 Å². The van der Waals surface area contributed by atoms with E-state index in [2.05, 4.69) is 29.1 Å². The molecule has 0 unspecified atom stereocenters. The first-order chi connectivity index (χ1) is 15.3. The molecule has 32 heavy (non-hydrogen) atoms. The van der Waals surface area contributed by atoms with Gasteiger partial charge in [0, 0.05) is 24.2 Å². The van der Waals surface area contributed by atoms with Crippen molar-refractivity contribution in [2.24, 2.45) is 0 Å². The number of fused-ring (bicyclic) bond motifs is 5. The molecule has 0 fully saturated rings. The van der Waals surface area contributed by atoms with Crippen LogP contribution in [0.25, 0.3) is 22.2 Å². The number of hydrogen-bond acceptors (Lipinski definition) is 7. The largest absolute Gasteiger partial charge is 0.491 e. The first-order valence-electron chi connectivity index (χ1n) is 11.0. The van der Waals surface area contributed by atoms with Gasteiger partial charge in [-0.3, -0.25) is 0 Å². The number of nitrogens with zero attached hydrogens (tertiary/aromatic N) is 3. The third-order valence-corrected chi connectivity index (χ3v) is 5.79. The molecule has 0 bridgehead atoms. The van der Waals surface area contributed by atoms with E-state index in [9.17, 15) is 0 Å². The molecule has 4 aromatic rings. The van der Waals surface area contributed by atoms with E-state index in [1.54, 1.807) is 6.33 Å². The van der Waals surface area contributed by atoms with E-state index in [1.165, 1.54) is 5.56 Å². The van der Waals surface area contributed by atoms with Crippen LogP contribution in [0.3, 0.4) is 0 Å². The molecule has 1 N–H and O–H groups in total. The number of anilines is 1. The van der Waals surface area contributed by atoms with Crippen molar-refractivity contribution in [3.63, 3.8) is 0 Å². The van der Waals surface area contributed by atoms with Crippen LogP contribution < -0.4 is 10.1 Å². The maximum Gasteiger partial charge on any atom is 0.229 e. The average Bonchev–Trinajstić information content (AvgIpc) is 3.11. The van der Waals surface area contributed by atoms with Crippen molar-refractivity contribution >= 4 is 28.0 Å². The third kappa shape index (κ3) is 3.77. The maximum absolute atomic E-state index is 6.19. The van der Waals surface area contributed by atoms with Crippen molar-refractivity contribution < 1.29 is 13.9 Å². The predicted molar refractivity (Wildman–Crippen MR) is 124 cm³/mol. The molecule has 0 saturated carbocycles. The van der Waals surface area contributed by atoms with Gasteiger partial charge >= 0.3 is 0 Å². The fraction of sp³-hybridized carbons (Fsp3) is 0.400. The molecule has 0 aliphatic carbocycles. The van der Waals surface area contributed by atoms with Crippen molar-refractivity contribution in [2.75, 3.05) is 5.32 Å². The lowest BCUT2D eigenvalue weighted by Crippen LogP contribution is -2.32. The second-order valence-corrected chi connectivity index (χ2v) is 9.23. The molecule has 1 aliphatic rings. The summed E-state index contributed by atoms with van der Waals surface area (Å²) < 4.78 is 17.9. The number of aromatic nitrogens is 3. The van der Waals surface area contributed by atoms with Crippen molar-refractivity contribution in [1.82, 2.24) is 15.0 Å². The zero-order chi connectivity index (χ0) is 22.5. The van der Waals surface area contributed by atoms with Crippen LogP contribution in [0, 0.1) is 6.92 Å². The predicted octanol–water partition coefficient (Wildman–Crippen LogP) is 5.33. The lowest BCUT2D eigenvalue weighted by Gasteiger charge is -2.32. The van der Waals surface area contributed by atoms with Gasteiger partial charge in [0.25, 0.3) is 0 Å². The molecule has 0 radical (unpaired) electrons. The van der Waals surface area contributed by atoms with E-state index in [1.807, 2.05) is 45.0 Å². The Hall–Kier alpha value is -3.19. The Bertz CT molecular complexity index is 1290. The highest BCUT2D eigenvalue weighted by Crippen LogP contribution is 2.39. The molecule has 0 saturated heterocycles. The molecule has 166 valence electrons. The van der Waals surface area contributed by atoms with E-state index < -0.39 is 0 Å². The average molecular weight is 433 g/mol. The lowest BCUT2D eigenvalue weighted by atomic mass is 9.89. The second kappa shape index (κ2) is 7.74. The highest BCUT2D eigenvalue weighted by atomic mass is 16.5. The quantitative estimate of drug-likeness (QED) is 0.456. The Labute approximate surface area is 187 Å². The van der Waals surface area contributed by atoms with Crippen LogP contribution in [0.2, 0.25) is 0 Å². The number of hydrogen-bond donors (Lipinski definition) is 1. The molecule has 3 aromatic heterocycles. The summed E-state index contributed by atoms with van der Waals surface area (Å²) in [6, 6.07) is 8.06. The minimum absolute atomic E-state index is 0.154. The van der Waals surface area contributed by atoms with Crippen molar-refractivity contribution in [3.8, 4) is 5.75 Å². The smallest absolute Gasteiger partial charge is 0.229 e. The Morgan fingerprint density at radius 2 is 1.91 bits per heavy atom. The molecule has 0 amide bonds. The summed E-state index contributed by atoms with van der Waals surface area (Å²) in [5.41, 5.74) is 6.20. The van der Waals surface area contributed by atoms with Gasteiger partial charge < -0.3 is 19.2 Å². The molecular weight excluding hydrogens is 404 g/mol. The minimum Gasteiger partial charge on any atom is -0.491 e. The Morgan fingerprint density at radius 1 is 1.12 bits per heavy atom. The third-order valence-electron chi connectivity index (χ3n) is 5.79. The number of aryl methyl sites for hydroxylation is 1. The standard InChI is InChI=1S/C25H28N4O3/c1-14(2)31-17-8-6-16(7-9-17)11-26-23-22-21(27-13-28-23)20-18-10-25(4,5)30-12-19(18)15(3)29-24(20)32-22/h6-9,13-14H,10-12H2,1-5H3,(H,26,27,28). The number of furan rings is 1. The number of nitrogens with one attached hydrogen (secondary N) is 1. The van der Waals surface area contributed by atoms with Crippen LogP contribution in [-0.4, -0.2) is 26.7 Å². The topological polar surface area (TPSA) is 82.3 Å². The number of ether oxygens (including phenoxy) is 2. The Balaban J connectivity index is 1.49. The van der Waals surface area contributed by atoms with Gasteiger partial charge in [-0.05, 0) is 57.9 Å². The maximum atomic E-state index is 6.19. The Morgan fingerprint density at radius 3 is 2.66 bits per heavy atom. The van der Waals surface area contributed by atoms with Gasteiger partial charge in [0.05, 0.1) is 23.7 Å². The van der Waals surface area contributed by atoms with Crippen molar-refractivity contribution in [1.29, 1.82) is 0 Å². The first-order valence-corrected chi connectivity index (χ1v) is 11.0. The van der Waals surface area contributed by atoms with Crippen LogP contribution in [0.4, 0.5) is 5.82 Å². The van der Waals surface area contributed by atoms with Crippen LogP contribution in [-0.2, 0) is 24.3 Å². The van der Waals surface area contributed by atoms with Gasteiger partial charge in [0.1, 0.15) is 17.6 Å². The van der Waals surface area contributed by atoms with Gasteiger partial charge in [0.2, 0.25) is 5.71 Å². The number of pyridine rings is 1. The molecule has 4 heterocycles. The molecule has 7 nitrogen and oxygen atoms in total. The van der Waals surface area contributed by atoms with Crippen LogP contribution in [0.5, 0.6) is 5.75 Å².